The monoisotopic (exact) mass is 719 g/mol. The Kier molecular flexibility index (Phi) is 18.3. The van der Waals surface area contributed by atoms with Crippen LogP contribution in [0.3, 0.4) is 0 Å². The number of nitrogens with zero attached hydrogens (tertiary/aromatic N) is 4. The molecule has 1 aliphatic rings. The molecule has 0 amide bonds. The summed E-state index contributed by atoms with van der Waals surface area (Å²) >= 11 is 0. The van der Waals surface area contributed by atoms with Crippen molar-refractivity contribution >= 4 is 0 Å². The molecule has 0 atom stereocenters. The maximum atomic E-state index is 9.45. The number of hydrogen-bond acceptors (Lipinski definition) is 5. The molecular weight excluding hydrogens is 637 g/mol. The van der Waals surface area contributed by atoms with Gasteiger partial charge in [-0.15, -0.1) is 0 Å². The Morgan fingerprint density at radius 2 is 0.904 bits per heavy atom. The quantitative estimate of drug-likeness (QED) is 0.103. The summed E-state index contributed by atoms with van der Waals surface area (Å²) in [5, 5.41) is 9.45. The summed E-state index contributed by atoms with van der Waals surface area (Å²) in [4.78, 5) is 9.77. The van der Waals surface area contributed by atoms with Crippen LogP contribution in [0.2, 0.25) is 0 Å². The molecule has 5 heteroatoms. The van der Waals surface area contributed by atoms with Crippen molar-refractivity contribution in [1.29, 1.82) is 0 Å². The van der Waals surface area contributed by atoms with E-state index < -0.39 is 0 Å². The Bertz CT molecular complexity index is 1230. The molecule has 0 heterocycles. The topological polar surface area (TPSA) is 33.2 Å². The van der Waals surface area contributed by atoms with Gasteiger partial charge in [-0.25, -0.2) is 0 Å². The SMILES string of the molecule is CCN(CCO)CCCCCCC1(CCCCCCN(CCCN(C)C)CCCN(C)C)c2cc(C(C)(C)C)ccc2-c2ccc(C(C)(C)C)cc21. The maximum Gasteiger partial charge on any atom is 0.0558 e. The Morgan fingerprint density at radius 3 is 1.29 bits per heavy atom. The molecule has 296 valence electrons. The van der Waals surface area contributed by atoms with Crippen molar-refractivity contribution in [2.75, 3.05) is 87.2 Å². The zero-order valence-electron chi connectivity index (χ0n) is 36.0. The van der Waals surface area contributed by atoms with Crippen molar-refractivity contribution in [3.8, 4) is 11.1 Å². The Morgan fingerprint density at radius 1 is 0.500 bits per heavy atom. The largest absolute Gasteiger partial charge is 0.395 e. The third kappa shape index (κ3) is 13.5. The number of aliphatic hydroxyl groups excluding tert-OH is 1. The van der Waals surface area contributed by atoms with Crippen molar-refractivity contribution in [2.24, 2.45) is 0 Å². The second-order valence-corrected chi connectivity index (χ2v) is 18.7. The highest BCUT2D eigenvalue weighted by Gasteiger charge is 2.43. The van der Waals surface area contributed by atoms with E-state index in [0.29, 0.717) is 0 Å². The van der Waals surface area contributed by atoms with Crippen LogP contribution >= 0.6 is 0 Å². The van der Waals surface area contributed by atoms with E-state index in [0.717, 1.165) is 19.6 Å². The molecule has 0 saturated heterocycles. The van der Waals surface area contributed by atoms with Crippen LogP contribution in [-0.2, 0) is 16.2 Å². The summed E-state index contributed by atoms with van der Waals surface area (Å²) < 4.78 is 0. The van der Waals surface area contributed by atoms with Gasteiger partial charge >= 0.3 is 0 Å². The fourth-order valence-electron chi connectivity index (χ4n) is 8.45. The fraction of sp³-hybridized carbons (Fsp3) is 0.745. The predicted molar refractivity (Wildman–Crippen MR) is 228 cm³/mol. The molecule has 0 fully saturated rings. The smallest absolute Gasteiger partial charge is 0.0558 e. The van der Waals surface area contributed by atoms with Gasteiger partial charge < -0.3 is 24.7 Å². The number of benzene rings is 2. The summed E-state index contributed by atoms with van der Waals surface area (Å²) in [5.41, 5.74) is 9.42. The molecule has 0 unspecified atom stereocenters. The highest BCUT2D eigenvalue weighted by molar-refractivity contribution is 5.82. The van der Waals surface area contributed by atoms with Gasteiger partial charge in [0, 0.05) is 12.0 Å². The molecular formula is C47H82N4O. The summed E-state index contributed by atoms with van der Waals surface area (Å²) in [5.74, 6) is 0. The molecule has 3 rings (SSSR count). The van der Waals surface area contributed by atoms with Gasteiger partial charge in [-0.2, -0.15) is 0 Å². The van der Waals surface area contributed by atoms with E-state index in [9.17, 15) is 5.11 Å². The molecule has 2 aromatic rings. The van der Waals surface area contributed by atoms with Crippen molar-refractivity contribution in [2.45, 2.75) is 142 Å². The minimum absolute atomic E-state index is 0.0733. The summed E-state index contributed by atoms with van der Waals surface area (Å²) in [6, 6.07) is 15.0. The summed E-state index contributed by atoms with van der Waals surface area (Å²) in [6.45, 7) is 25.6. The minimum atomic E-state index is 0.0733. The van der Waals surface area contributed by atoms with Gasteiger partial charge in [0.1, 0.15) is 0 Å². The lowest BCUT2D eigenvalue weighted by Crippen LogP contribution is -2.31. The van der Waals surface area contributed by atoms with Crippen molar-refractivity contribution in [3.63, 3.8) is 0 Å². The average molecular weight is 719 g/mol. The molecule has 52 heavy (non-hydrogen) atoms. The Labute approximate surface area is 322 Å². The van der Waals surface area contributed by atoms with Crippen LogP contribution < -0.4 is 0 Å². The second kappa shape index (κ2) is 21.4. The predicted octanol–water partition coefficient (Wildman–Crippen LogP) is 9.97. The van der Waals surface area contributed by atoms with Gasteiger partial charge in [0.05, 0.1) is 6.61 Å². The van der Waals surface area contributed by atoms with Gasteiger partial charge in [0.25, 0.3) is 0 Å². The van der Waals surface area contributed by atoms with Crippen molar-refractivity contribution < 1.29 is 5.11 Å². The zero-order valence-corrected chi connectivity index (χ0v) is 36.0. The highest BCUT2D eigenvalue weighted by Crippen LogP contribution is 2.55. The van der Waals surface area contributed by atoms with Gasteiger partial charge in [-0.3, -0.25) is 0 Å². The summed E-state index contributed by atoms with van der Waals surface area (Å²) in [6.07, 6.45) is 15.2. The number of hydrogen-bond donors (Lipinski definition) is 1. The molecule has 0 aliphatic heterocycles. The van der Waals surface area contributed by atoms with Gasteiger partial charge in [0.2, 0.25) is 0 Å². The second-order valence-electron chi connectivity index (χ2n) is 18.7. The van der Waals surface area contributed by atoms with Crippen LogP contribution in [0.4, 0.5) is 0 Å². The normalized spacial score (nSPS) is 14.3. The maximum absolute atomic E-state index is 9.45. The Hall–Kier alpha value is -1.76. The molecule has 1 N–H and O–H groups in total. The molecule has 0 aromatic heterocycles. The highest BCUT2D eigenvalue weighted by atomic mass is 16.3. The zero-order chi connectivity index (χ0) is 38.4. The van der Waals surface area contributed by atoms with E-state index in [4.69, 9.17) is 0 Å². The molecule has 5 nitrogen and oxygen atoms in total. The van der Waals surface area contributed by atoms with Crippen LogP contribution in [0.25, 0.3) is 11.1 Å². The number of fused-ring (bicyclic) bond motifs is 3. The molecule has 0 bridgehead atoms. The van der Waals surface area contributed by atoms with Crippen molar-refractivity contribution in [3.05, 3.63) is 58.7 Å². The first-order valence-electron chi connectivity index (χ1n) is 21.3. The molecule has 1 aliphatic carbocycles. The van der Waals surface area contributed by atoms with Crippen LogP contribution in [0.5, 0.6) is 0 Å². The standard InChI is InChI=1S/C47H82N4O/c1-12-50(35-36-52)31-19-15-13-17-27-47(28-18-14-16-20-32-51(33-21-29-48(8)9)34-22-30-49(10)11)43-37-39(45(2,3)4)23-25-41(43)42-26-24-40(38-44(42)47)46(5,6)7/h23-26,37-38,52H,12-22,27-36H2,1-11H3. The molecule has 0 saturated carbocycles. The van der Waals surface area contributed by atoms with Crippen LogP contribution in [0.1, 0.15) is 148 Å². The van der Waals surface area contributed by atoms with Gasteiger partial charge in [0.15, 0.2) is 0 Å². The number of aliphatic hydroxyl groups is 1. The van der Waals surface area contributed by atoms with E-state index >= 15 is 0 Å². The van der Waals surface area contributed by atoms with E-state index in [2.05, 4.69) is 133 Å². The fourth-order valence-corrected chi connectivity index (χ4v) is 8.45. The summed E-state index contributed by atoms with van der Waals surface area (Å²) in [7, 11) is 8.77. The number of likely N-dealkylation sites (N-methyl/N-ethyl adjacent to an activating group) is 1. The minimum Gasteiger partial charge on any atom is -0.395 e. The van der Waals surface area contributed by atoms with E-state index in [1.165, 1.54) is 132 Å². The van der Waals surface area contributed by atoms with Gasteiger partial charge in [-0.1, -0.05) is 123 Å². The third-order valence-corrected chi connectivity index (χ3v) is 11.8. The molecule has 0 spiro atoms. The first-order chi connectivity index (χ1) is 24.6. The lowest BCUT2D eigenvalue weighted by Gasteiger charge is -2.35. The lowest BCUT2D eigenvalue weighted by atomic mass is 9.69. The first-order valence-corrected chi connectivity index (χ1v) is 21.3. The van der Waals surface area contributed by atoms with Gasteiger partial charge in [-0.05, 0) is 157 Å². The molecule has 0 radical (unpaired) electrons. The van der Waals surface area contributed by atoms with Crippen molar-refractivity contribution in [1.82, 2.24) is 19.6 Å². The third-order valence-electron chi connectivity index (χ3n) is 11.8. The van der Waals surface area contributed by atoms with Crippen LogP contribution in [0.15, 0.2) is 36.4 Å². The van der Waals surface area contributed by atoms with E-state index in [1.54, 1.807) is 11.1 Å². The number of unbranched alkanes of at least 4 members (excludes halogenated alkanes) is 6. The van der Waals surface area contributed by atoms with E-state index in [-0.39, 0.29) is 22.9 Å². The number of rotatable bonds is 25. The average Bonchev–Trinajstić information content (AvgIpc) is 3.34. The first kappa shape index (κ1) is 44.6. The molecule has 2 aromatic carbocycles. The Balaban J connectivity index is 1.81. The van der Waals surface area contributed by atoms with Crippen LogP contribution in [-0.4, -0.2) is 112 Å². The lowest BCUT2D eigenvalue weighted by molar-refractivity contribution is 0.199. The van der Waals surface area contributed by atoms with Crippen LogP contribution in [0, 0.1) is 0 Å². The van der Waals surface area contributed by atoms with E-state index in [1.807, 2.05) is 0 Å².